The molecule has 5 heteroatoms. The lowest BCUT2D eigenvalue weighted by molar-refractivity contribution is -0.541. The molecule has 0 aromatic heterocycles. The topological polar surface area (TPSA) is 66.2 Å². The summed E-state index contributed by atoms with van der Waals surface area (Å²) in [5, 5.41) is 2.67. The Morgan fingerprint density at radius 3 is 1.32 bits per heavy atom. The van der Waals surface area contributed by atoms with Gasteiger partial charge in [0.05, 0.1) is 6.42 Å². The number of carbonyl (C=O) groups is 2. The summed E-state index contributed by atoms with van der Waals surface area (Å²) in [7, 11) is 0. The summed E-state index contributed by atoms with van der Waals surface area (Å²) in [6.07, 6.45) is 1.22. The average Bonchev–Trinajstić information content (AvgIpc) is 2.87. The van der Waals surface area contributed by atoms with Gasteiger partial charge in [-0.1, -0.05) is 122 Å². The Morgan fingerprint density at radius 1 is 0.735 bits per heavy atom. The Bertz CT molecular complexity index is 612. The molecule has 5 nitrogen and oxygen atoms in total. The van der Waals surface area contributed by atoms with E-state index in [1.165, 1.54) is 13.3 Å². The largest absolute Gasteiger partial charge is 0.352 e. The maximum absolute atomic E-state index is 11.1. The number of nitrogens with one attached hydrogen (secondary N) is 1. The molecule has 0 heterocycles. The lowest BCUT2D eigenvalue weighted by atomic mass is 10.2. The molecule has 1 amide bonds. The van der Waals surface area contributed by atoms with Gasteiger partial charge in [0.1, 0.15) is 5.78 Å². The second-order valence-electron chi connectivity index (χ2n) is 6.12. The Morgan fingerprint density at radius 2 is 1.06 bits per heavy atom. The summed E-state index contributed by atoms with van der Waals surface area (Å²) in [6, 6.07) is 21.6. The van der Waals surface area contributed by atoms with Gasteiger partial charge in [0, 0.05) is 11.5 Å². The molecule has 0 unspecified atom stereocenters. The van der Waals surface area contributed by atoms with Gasteiger partial charge in [-0.3, -0.25) is 9.59 Å². The lowest BCUT2D eigenvalue weighted by Gasteiger charge is -2.03. The zero-order valence-electron chi connectivity index (χ0n) is 22.6. The summed E-state index contributed by atoms with van der Waals surface area (Å²) < 4.78 is 1.00. The smallest absolute Gasteiger partial charge is 0.227 e. The van der Waals surface area contributed by atoms with E-state index in [1.54, 1.807) is 0 Å². The normalized spacial score (nSPS) is 7.68. The van der Waals surface area contributed by atoms with Crippen LogP contribution in [0.1, 0.15) is 88.1 Å². The van der Waals surface area contributed by atoms with Crippen molar-refractivity contribution in [1.82, 2.24) is 5.32 Å². The summed E-state index contributed by atoms with van der Waals surface area (Å²) in [4.78, 5) is 31.8. The maximum Gasteiger partial charge on any atom is 0.227 e. The molecule has 2 aromatic rings. The lowest BCUT2D eigenvalue weighted by Crippen LogP contribution is -2.24. The molecule has 0 fully saturated rings. The Kier molecular flexibility index (Phi) is 45.7. The number of nitrogens with zero attached hydrogens (tertiary/aromatic N) is 1. The van der Waals surface area contributed by atoms with Gasteiger partial charge >= 0.3 is 0 Å². The van der Waals surface area contributed by atoms with Crippen LogP contribution >= 0.6 is 0 Å². The summed E-state index contributed by atoms with van der Waals surface area (Å²) >= 11 is 0. The fourth-order valence-corrected chi connectivity index (χ4v) is 1.69. The zero-order chi connectivity index (χ0) is 26.3. The molecule has 0 bridgehead atoms. The van der Waals surface area contributed by atoms with Crippen molar-refractivity contribution < 1.29 is 14.3 Å². The van der Waals surface area contributed by atoms with Crippen LogP contribution in [-0.4, -0.2) is 29.5 Å². The molecule has 196 valence electrons. The van der Waals surface area contributed by atoms with Crippen molar-refractivity contribution in [3.8, 4) is 0 Å². The van der Waals surface area contributed by atoms with Gasteiger partial charge in [0.15, 0.2) is 13.1 Å². The first-order valence-electron chi connectivity index (χ1n) is 12.1. The molecular formula is C29H53N2O3+. The molecule has 2 aromatic carbocycles. The van der Waals surface area contributed by atoms with Crippen LogP contribution in [0.25, 0.3) is 0 Å². The van der Waals surface area contributed by atoms with E-state index in [9.17, 15) is 14.5 Å². The first-order valence-corrected chi connectivity index (χ1v) is 12.1. The number of nitroso groups, excluding NO2 is 1. The number of carbonyl (C=O) groups excluding carboxylic acids is 2. The molecule has 0 radical (unpaired) electrons. The van der Waals surface area contributed by atoms with Crippen LogP contribution in [0.3, 0.4) is 0 Å². The first-order chi connectivity index (χ1) is 15.9. The number of rotatable bonds is 6. The van der Waals surface area contributed by atoms with Crippen molar-refractivity contribution in [2.45, 2.75) is 89.1 Å². The van der Waals surface area contributed by atoms with Crippen molar-refractivity contribution in [2.24, 2.45) is 0 Å². The highest BCUT2D eigenvalue weighted by molar-refractivity contribution is 5.96. The fourth-order valence-electron chi connectivity index (χ4n) is 1.69. The third-order valence-corrected chi connectivity index (χ3v) is 3.11. The number of Topliss-reactive ketones (excluding diaryl/α,β-unsaturated/α-hetero) is 1. The van der Waals surface area contributed by atoms with E-state index in [0.29, 0.717) is 19.6 Å². The number of hydrogen-bond acceptors (Lipinski definition) is 3. The van der Waals surface area contributed by atoms with Crippen LogP contribution in [-0.2, 0) is 16.1 Å². The van der Waals surface area contributed by atoms with Crippen molar-refractivity contribution >= 4 is 11.7 Å². The van der Waals surface area contributed by atoms with Crippen molar-refractivity contribution in [3.05, 3.63) is 77.2 Å². The van der Waals surface area contributed by atoms with E-state index >= 15 is 0 Å². The molecule has 0 atom stereocenters. The van der Waals surface area contributed by atoms with Gasteiger partial charge in [-0.05, 0) is 31.1 Å². The first kappa shape index (κ1) is 41.4. The van der Waals surface area contributed by atoms with Crippen LogP contribution in [0.4, 0.5) is 0 Å². The predicted octanol–water partition coefficient (Wildman–Crippen LogP) is 7.88. The van der Waals surface area contributed by atoms with E-state index < -0.39 is 0 Å². The van der Waals surface area contributed by atoms with Gasteiger partial charge in [-0.25, -0.2) is 0 Å². The predicted molar refractivity (Wildman–Crippen MR) is 150 cm³/mol. The van der Waals surface area contributed by atoms with E-state index in [1.807, 2.05) is 108 Å². The van der Waals surface area contributed by atoms with Gasteiger partial charge in [-0.2, -0.15) is 0 Å². The van der Waals surface area contributed by atoms with Crippen LogP contribution in [0.5, 0.6) is 0 Å². The number of ketones is 1. The number of amides is 1. The van der Waals surface area contributed by atoms with Gasteiger partial charge in [0.25, 0.3) is 0 Å². The second-order valence-corrected chi connectivity index (χ2v) is 6.12. The molecule has 34 heavy (non-hydrogen) atoms. The SMILES string of the molecule is C.CC.CC.CC(=O)CC(=O)NCc1ccccc1.CCC.CC[N+](=O)CC.c1ccccc1. The molecule has 0 aliphatic rings. The minimum atomic E-state index is -0.221. The molecule has 1 N–H and O–H groups in total. The highest BCUT2D eigenvalue weighted by atomic mass is 16.3. The summed E-state index contributed by atoms with van der Waals surface area (Å²) in [6.45, 7) is 19.0. The molecule has 0 aliphatic carbocycles. The van der Waals surface area contributed by atoms with Crippen molar-refractivity contribution in [3.63, 3.8) is 0 Å². The summed E-state index contributed by atoms with van der Waals surface area (Å²) in [5.41, 5.74) is 1.03. The molecule has 0 saturated carbocycles. The van der Waals surface area contributed by atoms with Crippen LogP contribution in [0.2, 0.25) is 0 Å². The van der Waals surface area contributed by atoms with Gasteiger partial charge < -0.3 is 5.32 Å². The Labute approximate surface area is 211 Å². The highest BCUT2D eigenvalue weighted by Gasteiger charge is 2.03. The highest BCUT2D eigenvalue weighted by Crippen LogP contribution is 1.97. The third-order valence-electron chi connectivity index (χ3n) is 3.11. The average molecular weight is 478 g/mol. The van der Waals surface area contributed by atoms with Crippen LogP contribution in [0.15, 0.2) is 66.7 Å². The molecule has 0 spiro atoms. The van der Waals surface area contributed by atoms with Crippen LogP contribution < -0.4 is 5.32 Å². The minimum Gasteiger partial charge on any atom is -0.352 e. The van der Waals surface area contributed by atoms with Crippen molar-refractivity contribution in [2.75, 3.05) is 13.1 Å². The van der Waals surface area contributed by atoms with E-state index in [0.717, 1.165) is 10.3 Å². The summed E-state index contributed by atoms with van der Waals surface area (Å²) in [5.74, 6) is -0.336. The third kappa shape index (κ3) is 39.6. The molecular weight excluding hydrogens is 424 g/mol. The Hall–Kier alpha value is -2.82. The zero-order valence-corrected chi connectivity index (χ0v) is 22.6. The van der Waals surface area contributed by atoms with E-state index in [2.05, 4.69) is 19.2 Å². The van der Waals surface area contributed by atoms with Crippen molar-refractivity contribution in [1.29, 1.82) is 0 Å². The van der Waals surface area contributed by atoms with Gasteiger partial charge in [-0.15, -0.1) is 0 Å². The minimum absolute atomic E-state index is 0. The molecule has 2 rings (SSSR count). The standard InChI is InChI=1S/C11H13NO2.C6H6.C4H10NO.C3H8.2C2H6.CH4/c1-9(13)7-11(14)12-8-10-5-3-2-4-6-10;1-2-4-6-5-3-1;1-3-5(6)4-2;1-3-2;2*1-2;/h2-6H,7-8H2,1H3,(H,12,14);1-6H;3-4H2,1-2H3;3H2,1-2H3;2*1-2H3;1H4/q;;+1;;;;. The second kappa shape index (κ2) is 37.5. The van der Waals surface area contributed by atoms with E-state index in [-0.39, 0.29) is 25.5 Å². The number of hydrogen-bond donors (Lipinski definition) is 1. The van der Waals surface area contributed by atoms with E-state index in [4.69, 9.17) is 0 Å². The maximum atomic E-state index is 11.1. The van der Waals surface area contributed by atoms with Crippen LogP contribution in [0, 0.1) is 4.91 Å². The monoisotopic (exact) mass is 477 g/mol. The van der Waals surface area contributed by atoms with Gasteiger partial charge in [0.2, 0.25) is 5.91 Å². The quantitative estimate of drug-likeness (QED) is 0.340. The molecule has 0 saturated heterocycles. The molecule has 0 aliphatic heterocycles. The fraction of sp³-hybridized carbons (Fsp3) is 0.517. The Balaban J connectivity index is -0.000000118. The number of benzene rings is 2.